The summed E-state index contributed by atoms with van der Waals surface area (Å²) in [6.07, 6.45) is -3.29. The molecule has 0 bridgehead atoms. The third kappa shape index (κ3) is 5.26. The van der Waals surface area contributed by atoms with Gasteiger partial charge in [0.1, 0.15) is 5.60 Å². The number of benzene rings is 1. The van der Waals surface area contributed by atoms with Gasteiger partial charge in [-0.15, -0.1) is 0 Å². The van der Waals surface area contributed by atoms with Crippen molar-refractivity contribution in [2.45, 2.75) is 76.7 Å². The van der Waals surface area contributed by atoms with Crippen molar-refractivity contribution in [2.75, 3.05) is 6.54 Å². The Kier molecular flexibility index (Phi) is 6.07. The average Bonchev–Trinajstić information content (AvgIpc) is 3.39. The predicted molar refractivity (Wildman–Crippen MR) is 106 cm³/mol. The normalized spacial score (nSPS) is 26.8. The Morgan fingerprint density at radius 2 is 1.80 bits per heavy atom. The highest BCUT2D eigenvalue weighted by molar-refractivity contribution is 5.83. The lowest BCUT2D eigenvalue weighted by Crippen LogP contribution is -2.52. The van der Waals surface area contributed by atoms with E-state index in [1.807, 2.05) is 6.92 Å². The number of piperidine rings is 1. The van der Waals surface area contributed by atoms with Crippen LogP contribution in [0.4, 0.5) is 18.0 Å². The molecule has 3 rings (SSSR count). The van der Waals surface area contributed by atoms with E-state index in [1.54, 1.807) is 31.7 Å². The zero-order valence-corrected chi connectivity index (χ0v) is 17.8. The molecule has 5 nitrogen and oxygen atoms in total. The van der Waals surface area contributed by atoms with E-state index in [0.29, 0.717) is 25.8 Å². The Morgan fingerprint density at radius 1 is 1.13 bits per heavy atom. The quantitative estimate of drug-likeness (QED) is 0.761. The van der Waals surface area contributed by atoms with E-state index >= 15 is 0 Å². The molecule has 8 heteroatoms. The number of alkyl halides is 3. The fraction of sp³-hybridized carbons (Fsp3) is 0.636. The highest BCUT2D eigenvalue weighted by atomic mass is 19.4. The van der Waals surface area contributed by atoms with Gasteiger partial charge in [0, 0.05) is 24.5 Å². The summed E-state index contributed by atoms with van der Waals surface area (Å²) in [4.78, 5) is 26.7. The van der Waals surface area contributed by atoms with Gasteiger partial charge in [0.25, 0.3) is 0 Å². The van der Waals surface area contributed by atoms with Crippen molar-refractivity contribution in [3.8, 4) is 0 Å². The van der Waals surface area contributed by atoms with Crippen molar-refractivity contribution in [1.29, 1.82) is 0 Å². The number of amides is 2. The first-order chi connectivity index (χ1) is 13.9. The summed E-state index contributed by atoms with van der Waals surface area (Å²) in [6.45, 7) is 7.74. The van der Waals surface area contributed by atoms with Gasteiger partial charge in [-0.25, -0.2) is 4.79 Å². The molecule has 1 aromatic carbocycles. The molecule has 2 aliphatic rings. The molecule has 0 spiro atoms. The first kappa shape index (κ1) is 22.4. The molecule has 1 heterocycles. The highest BCUT2D eigenvalue weighted by Crippen LogP contribution is 2.52. The van der Waals surface area contributed by atoms with Gasteiger partial charge in [-0.3, -0.25) is 4.79 Å². The lowest BCUT2D eigenvalue weighted by Gasteiger charge is -2.38. The summed E-state index contributed by atoms with van der Waals surface area (Å²) in [5, 5.41) is 2.84. The molecule has 0 unspecified atom stereocenters. The first-order valence-electron chi connectivity index (χ1n) is 10.3. The molecule has 1 aliphatic heterocycles. The zero-order valence-electron chi connectivity index (χ0n) is 17.8. The molecule has 1 N–H and O–H groups in total. The molecule has 1 aliphatic carbocycles. The minimum Gasteiger partial charge on any atom is -0.444 e. The molecule has 166 valence electrons. The van der Waals surface area contributed by atoms with Crippen LogP contribution in [0.2, 0.25) is 0 Å². The largest absolute Gasteiger partial charge is 0.444 e. The molecule has 2 fully saturated rings. The molecular weight excluding hydrogens is 397 g/mol. The van der Waals surface area contributed by atoms with Crippen molar-refractivity contribution in [3.63, 3.8) is 0 Å². The van der Waals surface area contributed by atoms with E-state index in [4.69, 9.17) is 4.74 Å². The molecule has 30 heavy (non-hydrogen) atoms. The molecule has 1 saturated heterocycles. The predicted octanol–water partition coefficient (Wildman–Crippen LogP) is 4.71. The van der Waals surface area contributed by atoms with Crippen molar-refractivity contribution >= 4 is 12.0 Å². The van der Waals surface area contributed by atoms with Gasteiger partial charge >= 0.3 is 12.3 Å². The molecule has 1 saturated carbocycles. The number of carbonyl (C=O) groups is 2. The summed E-state index contributed by atoms with van der Waals surface area (Å²) in [5.41, 5.74) is -1.03. The van der Waals surface area contributed by atoms with Crippen LogP contribution in [0.25, 0.3) is 0 Å². The maximum Gasteiger partial charge on any atom is 0.416 e. The molecule has 0 radical (unpaired) electrons. The second-order valence-corrected chi connectivity index (χ2v) is 9.28. The second-order valence-electron chi connectivity index (χ2n) is 9.28. The second kappa shape index (κ2) is 8.12. The van der Waals surface area contributed by atoms with Gasteiger partial charge < -0.3 is 15.0 Å². The van der Waals surface area contributed by atoms with Gasteiger partial charge in [-0.1, -0.05) is 18.2 Å². The standard InChI is InChI=1S/C22H29F3N2O3/c1-13-11-14(26-20(29)30-21(2,3)4)9-10-27(13)19(28)17-12-16(17)15-7-5-6-8-18(15)22(23,24)25/h5-8,13-14,16-17H,9-12H2,1-4H3,(H,26,29)/t13-,14-,16+,17+/m1/s1. The number of nitrogens with zero attached hydrogens (tertiary/aromatic N) is 1. The van der Waals surface area contributed by atoms with Crippen LogP contribution >= 0.6 is 0 Å². The topological polar surface area (TPSA) is 58.6 Å². The average molecular weight is 426 g/mol. The smallest absolute Gasteiger partial charge is 0.416 e. The zero-order chi connectivity index (χ0) is 22.3. The van der Waals surface area contributed by atoms with Crippen LogP contribution in [0.1, 0.15) is 64.0 Å². The maximum absolute atomic E-state index is 13.3. The fourth-order valence-corrected chi connectivity index (χ4v) is 4.21. The first-order valence-corrected chi connectivity index (χ1v) is 10.3. The minimum absolute atomic E-state index is 0.0970. The number of rotatable bonds is 3. The van der Waals surface area contributed by atoms with Crippen LogP contribution < -0.4 is 5.32 Å². The SMILES string of the molecule is C[C@@H]1C[C@H](NC(=O)OC(C)(C)C)CCN1C(=O)[C@H]1C[C@H]1c1ccccc1C(F)(F)F. The minimum atomic E-state index is -4.42. The van der Waals surface area contributed by atoms with Crippen molar-refractivity contribution in [2.24, 2.45) is 5.92 Å². The van der Waals surface area contributed by atoms with E-state index in [-0.39, 0.29) is 29.5 Å². The lowest BCUT2D eigenvalue weighted by molar-refractivity contribution is -0.139. The van der Waals surface area contributed by atoms with Gasteiger partial charge in [0.15, 0.2) is 0 Å². The summed E-state index contributed by atoms with van der Waals surface area (Å²) < 4.78 is 45.2. The van der Waals surface area contributed by atoms with Gasteiger partial charge in [-0.2, -0.15) is 13.2 Å². The third-order valence-electron chi connectivity index (χ3n) is 5.65. The Labute approximate surface area is 175 Å². The van der Waals surface area contributed by atoms with Gasteiger partial charge in [-0.05, 0) is 64.5 Å². The molecular formula is C22H29F3N2O3. The van der Waals surface area contributed by atoms with Gasteiger partial charge in [0.05, 0.1) is 5.56 Å². The van der Waals surface area contributed by atoms with E-state index in [1.165, 1.54) is 12.1 Å². The number of ether oxygens (including phenoxy) is 1. The van der Waals surface area contributed by atoms with E-state index < -0.39 is 29.4 Å². The van der Waals surface area contributed by atoms with Crippen LogP contribution in [-0.4, -0.2) is 41.1 Å². The number of alkyl carbamates (subject to hydrolysis) is 1. The number of likely N-dealkylation sites (tertiary alicyclic amines) is 1. The van der Waals surface area contributed by atoms with Crippen LogP contribution in [-0.2, 0) is 15.7 Å². The van der Waals surface area contributed by atoms with E-state index in [9.17, 15) is 22.8 Å². The van der Waals surface area contributed by atoms with Crippen molar-refractivity contribution < 1.29 is 27.5 Å². The third-order valence-corrected chi connectivity index (χ3v) is 5.65. The molecule has 2 amide bonds. The van der Waals surface area contributed by atoms with Crippen molar-refractivity contribution in [3.05, 3.63) is 35.4 Å². The van der Waals surface area contributed by atoms with E-state index in [0.717, 1.165) is 6.07 Å². The van der Waals surface area contributed by atoms with Crippen LogP contribution in [0.5, 0.6) is 0 Å². The summed E-state index contributed by atoms with van der Waals surface area (Å²) in [7, 11) is 0. The van der Waals surface area contributed by atoms with Crippen molar-refractivity contribution in [1.82, 2.24) is 10.2 Å². The molecule has 1 aromatic rings. The Hall–Kier alpha value is -2.25. The maximum atomic E-state index is 13.3. The number of hydrogen-bond donors (Lipinski definition) is 1. The number of hydrogen-bond acceptors (Lipinski definition) is 3. The van der Waals surface area contributed by atoms with Crippen LogP contribution in [0.3, 0.4) is 0 Å². The summed E-state index contributed by atoms with van der Waals surface area (Å²) >= 11 is 0. The summed E-state index contributed by atoms with van der Waals surface area (Å²) in [5.74, 6) is -0.897. The van der Waals surface area contributed by atoms with Crippen LogP contribution in [0.15, 0.2) is 24.3 Å². The highest BCUT2D eigenvalue weighted by Gasteiger charge is 2.50. The Balaban J connectivity index is 1.58. The lowest BCUT2D eigenvalue weighted by atomic mass is 9.97. The van der Waals surface area contributed by atoms with Crippen LogP contribution in [0, 0.1) is 5.92 Å². The summed E-state index contributed by atoms with van der Waals surface area (Å²) in [6, 6.07) is 5.30. The molecule has 4 atom stereocenters. The van der Waals surface area contributed by atoms with Gasteiger partial charge in [0.2, 0.25) is 5.91 Å². The number of nitrogens with one attached hydrogen (secondary N) is 1. The Bertz CT molecular complexity index is 804. The number of halogens is 3. The van der Waals surface area contributed by atoms with E-state index in [2.05, 4.69) is 5.32 Å². The fourth-order valence-electron chi connectivity index (χ4n) is 4.21. The number of carbonyl (C=O) groups excluding carboxylic acids is 2. The Morgan fingerprint density at radius 3 is 2.40 bits per heavy atom. The monoisotopic (exact) mass is 426 g/mol. The molecule has 0 aromatic heterocycles.